The molecule has 1 heterocycles. The van der Waals surface area contributed by atoms with Crippen molar-refractivity contribution in [1.29, 1.82) is 0 Å². The van der Waals surface area contributed by atoms with Gasteiger partial charge in [0.05, 0.1) is 11.6 Å². The van der Waals surface area contributed by atoms with Crippen molar-refractivity contribution in [3.05, 3.63) is 28.5 Å². The molecule has 0 fully saturated rings. The standard InChI is InChI=1S/C18H25ClFNO2/c1-12-5-4-7-21-16(12)13-9-14(19)17(15(20)10-13)23-11-18(2,3)6-8-22/h9-10,12,22H,4-8,11H2,1-3H3. The quantitative estimate of drug-likeness (QED) is 0.828. The van der Waals surface area contributed by atoms with Crippen LogP contribution in [-0.2, 0) is 0 Å². The van der Waals surface area contributed by atoms with Crippen LogP contribution >= 0.6 is 11.6 Å². The van der Waals surface area contributed by atoms with Crippen molar-refractivity contribution >= 4 is 17.3 Å². The number of benzene rings is 1. The van der Waals surface area contributed by atoms with Gasteiger partial charge in [-0.15, -0.1) is 0 Å². The summed E-state index contributed by atoms with van der Waals surface area (Å²) in [5.74, 6) is -0.0762. The third kappa shape index (κ3) is 4.67. The third-order valence-corrected chi connectivity index (χ3v) is 4.51. The van der Waals surface area contributed by atoms with Gasteiger partial charge in [0, 0.05) is 29.8 Å². The molecule has 0 bridgehead atoms. The normalized spacial score (nSPS) is 18.7. The summed E-state index contributed by atoms with van der Waals surface area (Å²) in [4.78, 5) is 4.52. The summed E-state index contributed by atoms with van der Waals surface area (Å²) < 4.78 is 20.0. The minimum absolute atomic E-state index is 0.0726. The van der Waals surface area contributed by atoms with Gasteiger partial charge in [0.15, 0.2) is 11.6 Å². The third-order valence-electron chi connectivity index (χ3n) is 4.23. The molecule has 1 atom stereocenters. The molecular weight excluding hydrogens is 317 g/mol. The Labute approximate surface area is 142 Å². The molecule has 128 valence electrons. The Morgan fingerprint density at radius 3 is 2.78 bits per heavy atom. The molecule has 5 heteroatoms. The van der Waals surface area contributed by atoms with Gasteiger partial charge in [-0.25, -0.2) is 4.39 Å². The first-order chi connectivity index (χ1) is 10.8. The zero-order valence-electron chi connectivity index (χ0n) is 14.0. The minimum Gasteiger partial charge on any atom is -0.488 e. The van der Waals surface area contributed by atoms with E-state index in [1.807, 2.05) is 13.8 Å². The van der Waals surface area contributed by atoms with Gasteiger partial charge in [-0.2, -0.15) is 0 Å². The summed E-state index contributed by atoms with van der Waals surface area (Å²) in [5, 5.41) is 9.31. The van der Waals surface area contributed by atoms with Crippen molar-refractivity contribution in [2.45, 2.75) is 40.0 Å². The highest BCUT2D eigenvalue weighted by Gasteiger charge is 2.23. The molecule has 0 spiro atoms. The number of aliphatic imine (C=N–C) groups is 1. The first kappa shape index (κ1) is 18.2. The Morgan fingerprint density at radius 2 is 2.17 bits per heavy atom. The van der Waals surface area contributed by atoms with Crippen LogP contribution in [0.4, 0.5) is 4.39 Å². The van der Waals surface area contributed by atoms with E-state index in [2.05, 4.69) is 11.9 Å². The molecule has 1 aromatic rings. The van der Waals surface area contributed by atoms with Crippen LogP contribution in [0.15, 0.2) is 17.1 Å². The molecule has 23 heavy (non-hydrogen) atoms. The molecule has 0 radical (unpaired) electrons. The van der Waals surface area contributed by atoms with Gasteiger partial charge in [-0.05, 0) is 37.3 Å². The lowest BCUT2D eigenvalue weighted by molar-refractivity contribution is 0.134. The van der Waals surface area contributed by atoms with E-state index in [0.29, 0.717) is 18.9 Å². The van der Waals surface area contributed by atoms with Gasteiger partial charge < -0.3 is 9.84 Å². The summed E-state index contributed by atoms with van der Waals surface area (Å²) in [6.07, 6.45) is 2.71. The lowest BCUT2D eigenvalue weighted by atomic mass is 9.91. The van der Waals surface area contributed by atoms with Crippen LogP contribution in [0.1, 0.15) is 45.6 Å². The van der Waals surface area contributed by atoms with E-state index < -0.39 is 5.82 Å². The summed E-state index contributed by atoms with van der Waals surface area (Å²) in [6.45, 7) is 7.17. The average Bonchev–Trinajstić information content (AvgIpc) is 2.46. The van der Waals surface area contributed by atoms with Gasteiger partial charge in [0.2, 0.25) is 0 Å². The molecule has 2 rings (SSSR count). The largest absolute Gasteiger partial charge is 0.488 e. The molecule has 1 aromatic carbocycles. The Morgan fingerprint density at radius 1 is 1.43 bits per heavy atom. The number of hydrogen-bond acceptors (Lipinski definition) is 3. The van der Waals surface area contributed by atoms with Crippen molar-refractivity contribution in [2.75, 3.05) is 19.8 Å². The van der Waals surface area contributed by atoms with E-state index in [-0.39, 0.29) is 22.8 Å². The number of aliphatic hydroxyl groups excluding tert-OH is 1. The fourth-order valence-corrected chi connectivity index (χ4v) is 3.02. The molecule has 0 aliphatic carbocycles. The molecule has 0 saturated carbocycles. The number of halogens is 2. The average molecular weight is 342 g/mol. The Bertz CT molecular complexity index is 563. The fourth-order valence-electron chi connectivity index (χ4n) is 2.75. The molecule has 1 aliphatic rings. The van der Waals surface area contributed by atoms with Crippen molar-refractivity contribution < 1.29 is 14.2 Å². The molecule has 1 N–H and O–H groups in total. The Kier molecular flexibility index (Phi) is 6.04. The van der Waals surface area contributed by atoms with Crippen LogP contribution < -0.4 is 4.74 Å². The van der Waals surface area contributed by atoms with E-state index in [0.717, 1.165) is 30.7 Å². The summed E-state index contributed by atoms with van der Waals surface area (Å²) in [5.41, 5.74) is 1.41. The Balaban J connectivity index is 2.19. The van der Waals surface area contributed by atoms with Gasteiger partial charge in [0.25, 0.3) is 0 Å². The number of nitrogens with zero attached hydrogens (tertiary/aromatic N) is 1. The van der Waals surface area contributed by atoms with Crippen LogP contribution in [0.2, 0.25) is 5.02 Å². The van der Waals surface area contributed by atoms with E-state index in [1.54, 1.807) is 6.07 Å². The van der Waals surface area contributed by atoms with Crippen LogP contribution in [-0.4, -0.2) is 30.6 Å². The second-order valence-corrected chi connectivity index (χ2v) is 7.41. The van der Waals surface area contributed by atoms with Gasteiger partial charge in [0.1, 0.15) is 0 Å². The monoisotopic (exact) mass is 341 g/mol. The van der Waals surface area contributed by atoms with E-state index in [1.165, 1.54) is 6.07 Å². The zero-order valence-corrected chi connectivity index (χ0v) is 14.8. The highest BCUT2D eigenvalue weighted by Crippen LogP contribution is 2.33. The van der Waals surface area contributed by atoms with Crippen molar-refractivity contribution in [1.82, 2.24) is 0 Å². The van der Waals surface area contributed by atoms with E-state index in [9.17, 15) is 4.39 Å². The summed E-state index contributed by atoms with van der Waals surface area (Å²) >= 11 is 6.24. The van der Waals surface area contributed by atoms with E-state index >= 15 is 0 Å². The van der Waals surface area contributed by atoms with Crippen LogP contribution in [0, 0.1) is 17.2 Å². The molecular formula is C18H25ClFNO2. The molecule has 0 amide bonds. The first-order valence-corrected chi connectivity index (χ1v) is 8.49. The van der Waals surface area contributed by atoms with Gasteiger partial charge in [-0.1, -0.05) is 32.4 Å². The smallest absolute Gasteiger partial charge is 0.173 e. The molecule has 1 unspecified atom stereocenters. The van der Waals surface area contributed by atoms with E-state index in [4.69, 9.17) is 21.4 Å². The topological polar surface area (TPSA) is 41.8 Å². The fraction of sp³-hybridized carbons (Fsp3) is 0.611. The number of ether oxygens (including phenoxy) is 1. The number of aliphatic hydroxyl groups is 1. The molecule has 1 aliphatic heterocycles. The zero-order chi connectivity index (χ0) is 17.0. The maximum Gasteiger partial charge on any atom is 0.173 e. The Hall–Kier alpha value is -1.13. The molecule has 3 nitrogen and oxygen atoms in total. The maximum atomic E-state index is 14.4. The van der Waals surface area contributed by atoms with Crippen molar-refractivity contribution in [3.8, 4) is 5.75 Å². The summed E-state index contributed by atoms with van der Waals surface area (Å²) in [6, 6.07) is 3.20. The number of rotatable bonds is 6. The minimum atomic E-state index is -0.465. The SMILES string of the molecule is CC1CCCN=C1c1cc(F)c(OCC(C)(C)CCO)c(Cl)c1. The number of hydrogen-bond donors (Lipinski definition) is 1. The predicted octanol–water partition coefficient (Wildman–Crippen LogP) is 4.49. The molecule has 0 aromatic heterocycles. The highest BCUT2D eigenvalue weighted by molar-refractivity contribution is 6.32. The van der Waals surface area contributed by atoms with Gasteiger partial charge in [-0.3, -0.25) is 4.99 Å². The van der Waals surface area contributed by atoms with Gasteiger partial charge >= 0.3 is 0 Å². The van der Waals surface area contributed by atoms with Crippen LogP contribution in [0.3, 0.4) is 0 Å². The van der Waals surface area contributed by atoms with Crippen molar-refractivity contribution in [3.63, 3.8) is 0 Å². The summed E-state index contributed by atoms with van der Waals surface area (Å²) in [7, 11) is 0. The highest BCUT2D eigenvalue weighted by atomic mass is 35.5. The first-order valence-electron chi connectivity index (χ1n) is 8.11. The molecule has 0 saturated heterocycles. The lowest BCUT2D eigenvalue weighted by Crippen LogP contribution is -2.23. The van der Waals surface area contributed by atoms with Crippen LogP contribution in [0.25, 0.3) is 0 Å². The van der Waals surface area contributed by atoms with Crippen molar-refractivity contribution in [2.24, 2.45) is 16.3 Å². The van der Waals surface area contributed by atoms with Crippen LogP contribution in [0.5, 0.6) is 5.75 Å². The second-order valence-electron chi connectivity index (χ2n) is 7.01. The maximum absolute atomic E-state index is 14.4. The second kappa shape index (κ2) is 7.63. The predicted molar refractivity (Wildman–Crippen MR) is 92.2 cm³/mol. The lowest BCUT2D eigenvalue weighted by Gasteiger charge is -2.24.